The van der Waals surface area contributed by atoms with E-state index in [1.54, 1.807) is 0 Å². The molecule has 0 amide bonds. The third-order valence-electron chi connectivity index (χ3n) is 5.76. The highest BCUT2D eigenvalue weighted by atomic mass is 16.4. The predicted octanol–water partition coefficient (Wildman–Crippen LogP) is 2.11. The number of carboxylic acid groups (broad SMARTS) is 1. The fraction of sp³-hybridized carbons (Fsp3) is 0.966. The van der Waals surface area contributed by atoms with E-state index < -0.39 is 24.3 Å². The van der Waals surface area contributed by atoms with E-state index in [1.165, 1.54) is 96.3 Å². The Morgan fingerprint density at radius 2 is 0.625 bits per heavy atom. The van der Waals surface area contributed by atoms with Gasteiger partial charge in [-0.2, -0.15) is 0 Å². The van der Waals surface area contributed by atoms with E-state index in [1.807, 2.05) is 0 Å². The quantitative estimate of drug-likeness (QED) is 0.0736. The largest absolute Gasteiger partial charge is 0.481 e. The average molecular weight is 589 g/mol. The minimum atomic E-state index is -0.954. The molecule has 0 saturated carbocycles. The van der Waals surface area contributed by atoms with Gasteiger partial charge in [-0.05, 0) is 6.42 Å². The lowest BCUT2D eigenvalue weighted by Crippen LogP contribution is -2.15. The number of aliphatic hydroxyl groups is 9. The van der Waals surface area contributed by atoms with Gasteiger partial charge in [0.2, 0.25) is 0 Å². The van der Waals surface area contributed by atoms with Crippen LogP contribution in [-0.4, -0.2) is 115 Å². The van der Waals surface area contributed by atoms with Crippen LogP contribution in [0.25, 0.3) is 0 Å². The molecular formula is C29H64O11. The zero-order valence-corrected chi connectivity index (χ0v) is 25.1. The Labute approximate surface area is 242 Å². The van der Waals surface area contributed by atoms with Crippen LogP contribution in [-0.2, 0) is 4.79 Å². The van der Waals surface area contributed by atoms with E-state index in [-0.39, 0.29) is 39.6 Å². The smallest absolute Gasteiger partial charge is 0.303 e. The number of carboxylic acids is 1. The second-order valence-corrected chi connectivity index (χ2v) is 9.86. The third kappa shape index (κ3) is 53.4. The van der Waals surface area contributed by atoms with Crippen molar-refractivity contribution >= 4 is 5.97 Å². The number of rotatable bonds is 24. The number of aliphatic hydroxyl groups excluding tert-OH is 9. The molecule has 0 radical (unpaired) electrons. The van der Waals surface area contributed by atoms with Crippen LogP contribution in [0, 0.1) is 0 Å². The molecule has 0 aliphatic rings. The van der Waals surface area contributed by atoms with Crippen LogP contribution in [0.2, 0.25) is 0 Å². The van der Waals surface area contributed by atoms with Crippen molar-refractivity contribution in [3.05, 3.63) is 0 Å². The number of hydrogen-bond donors (Lipinski definition) is 10. The number of hydrogen-bond acceptors (Lipinski definition) is 10. The standard InChI is InChI=1S/C20H40O2.3C3H8O3/c1-2-3-4-5-6-7-8-9-10-11-12-13-14-15-16-17-18-19-20(21)22;3*4-1-3(6)2-5/h2-19H2,1H3,(H,21,22);3*3-6H,1-2H2. The third-order valence-corrected chi connectivity index (χ3v) is 5.76. The van der Waals surface area contributed by atoms with E-state index in [0.29, 0.717) is 6.42 Å². The van der Waals surface area contributed by atoms with E-state index in [9.17, 15) is 4.79 Å². The monoisotopic (exact) mass is 588 g/mol. The van der Waals surface area contributed by atoms with Gasteiger partial charge in [0.1, 0.15) is 18.3 Å². The lowest BCUT2D eigenvalue weighted by molar-refractivity contribution is -0.137. The van der Waals surface area contributed by atoms with Crippen molar-refractivity contribution in [3.8, 4) is 0 Å². The van der Waals surface area contributed by atoms with Crippen LogP contribution in [0.4, 0.5) is 0 Å². The van der Waals surface area contributed by atoms with Crippen molar-refractivity contribution in [3.63, 3.8) is 0 Å². The molecule has 10 N–H and O–H groups in total. The second-order valence-electron chi connectivity index (χ2n) is 9.86. The van der Waals surface area contributed by atoms with Crippen LogP contribution in [0.3, 0.4) is 0 Å². The molecule has 246 valence electrons. The molecule has 0 aromatic rings. The van der Waals surface area contributed by atoms with Crippen LogP contribution in [0.1, 0.15) is 122 Å². The van der Waals surface area contributed by atoms with Gasteiger partial charge in [-0.1, -0.05) is 110 Å². The minimum Gasteiger partial charge on any atom is -0.481 e. The van der Waals surface area contributed by atoms with E-state index >= 15 is 0 Å². The topological polar surface area (TPSA) is 219 Å². The Balaban J connectivity index is -0.000000289. The minimum absolute atomic E-state index is 0.346. The SMILES string of the molecule is CCCCCCCCCCCCCCCCCCCC(=O)O.OCC(O)CO.OCC(O)CO.OCC(O)CO. The van der Waals surface area contributed by atoms with Gasteiger partial charge in [0.05, 0.1) is 39.6 Å². The Morgan fingerprint density at radius 3 is 0.775 bits per heavy atom. The molecule has 0 rings (SSSR count). The Morgan fingerprint density at radius 1 is 0.425 bits per heavy atom. The van der Waals surface area contributed by atoms with E-state index in [2.05, 4.69) is 6.92 Å². The molecule has 0 fully saturated rings. The molecule has 11 heteroatoms. The summed E-state index contributed by atoms with van der Waals surface area (Å²) in [5.41, 5.74) is 0. The lowest BCUT2D eigenvalue weighted by atomic mass is 10.0. The molecule has 0 bridgehead atoms. The number of carbonyl (C=O) groups is 1. The summed E-state index contributed by atoms with van der Waals surface area (Å²) in [6, 6.07) is 0. The van der Waals surface area contributed by atoms with Gasteiger partial charge in [-0.3, -0.25) is 4.79 Å². The maximum absolute atomic E-state index is 10.4. The van der Waals surface area contributed by atoms with Crippen LogP contribution in [0.15, 0.2) is 0 Å². The summed E-state index contributed by atoms with van der Waals surface area (Å²) in [6.07, 6.45) is 20.3. The molecule has 0 aliphatic heterocycles. The second kappa shape index (κ2) is 42.6. The van der Waals surface area contributed by atoms with Crippen molar-refractivity contribution < 1.29 is 55.9 Å². The van der Waals surface area contributed by atoms with E-state index in [0.717, 1.165) is 12.8 Å². The highest BCUT2D eigenvalue weighted by Crippen LogP contribution is 2.14. The highest BCUT2D eigenvalue weighted by Gasteiger charge is 1.98. The van der Waals surface area contributed by atoms with Crippen LogP contribution < -0.4 is 0 Å². The first-order valence-electron chi connectivity index (χ1n) is 15.1. The number of unbranched alkanes of at least 4 members (excludes halogenated alkanes) is 16. The molecule has 0 aliphatic carbocycles. The van der Waals surface area contributed by atoms with Gasteiger partial charge in [0.25, 0.3) is 0 Å². The summed E-state index contributed by atoms with van der Waals surface area (Å²) in [6.45, 7) is 0.0898. The highest BCUT2D eigenvalue weighted by molar-refractivity contribution is 5.66. The van der Waals surface area contributed by atoms with Crippen LogP contribution in [0.5, 0.6) is 0 Å². The van der Waals surface area contributed by atoms with Gasteiger partial charge >= 0.3 is 5.97 Å². The molecule has 11 nitrogen and oxygen atoms in total. The fourth-order valence-corrected chi connectivity index (χ4v) is 3.17. The summed E-state index contributed by atoms with van der Waals surface area (Å²) < 4.78 is 0. The van der Waals surface area contributed by atoms with Gasteiger partial charge in [-0.25, -0.2) is 0 Å². The molecule has 0 heterocycles. The Kier molecular flexibility index (Phi) is 49.0. The van der Waals surface area contributed by atoms with Gasteiger partial charge < -0.3 is 51.1 Å². The van der Waals surface area contributed by atoms with Gasteiger partial charge in [0, 0.05) is 6.42 Å². The first-order chi connectivity index (χ1) is 19.2. The maximum atomic E-state index is 10.4. The van der Waals surface area contributed by atoms with Gasteiger partial charge in [0.15, 0.2) is 0 Å². The van der Waals surface area contributed by atoms with E-state index in [4.69, 9.17) is 51.1 Å². The van der Waals surface area contributed by atoms with Crippen molar-refractivity contribution in [1.29, 1.82) is 0 Å². The Hall–Kier alpha value is -0.890. The van der Waals surface area contributed by atoms with Crippen molar-refractivity contribution in [1.82, 2.24) is 0 Å². The summed E-state index contributed by atoms with van der Waals surface area (Å²) >= 11 is 0. The average Bonchev–Trinajstić information content (AvgIpc) is 2.98. The lowest BCUT2D eigenvalue weighted by Gasteiger charge is -2.03. The maximum Gasteiger partial charge on any atom is 0.303 e. The summed E-state index contributed by atoms with van der Waals surface area (Å²) in [4.78, 5) is 10.4. The Bertz CT molecular complexity index is 406. The van der Waals surface area contributed by atoms with Crippen molar-refractivity contribution in [2.24, 2.45) is 0 Å². The molecular weight excluding hydrogens is 524 g/mol. The molecule has 0 aromatic heterocycles. The summed E-state index contributed by atoms with van der Waals surface area (Å²) in [5, 5.41) is 80.6. The van der Waals surface area contributed by atoms with Gasteiger partial charge in [-0.15, -0.1) is 0 Å². The first-order valence-corrected chi connectivity index (χ1v) is 15.1. The molecule has 40 heavy (non-hydrogen) atoms. The molecule has 0 aromatic carbocycles. The zero-order valence-electron chi connectivity index (χ0n) is 25.1. The molecule has 0 saturated heterocycles. The zero-order chi connectivity index (χ0) is 31.3. The van der Waals surface area contributed by atoms with Crippen molar-refractivity contribution in [2.45, 2.75) is 141 Å². The van der Waals surface area contributed by atoms with Crippen molar-refractivity contribution in [2.75, 3.05) is 39.6 Å². The van der Waals surface area contributed by atoms with Crippen LogP contribution >= 0.6 is 0 Å². The molecule has 0 spiro atoms. The first kappa shape index (κ1) is 46.1. The summed E-state index contributed by atoms with van der Waals surface area (Å²) in [5.74, 6) is -0.652. The molecule has 0 unspecified atom stereocenters. The molecule has 0 atom stereocenters. The fourth-order valence-electron chi connectivity index (χ4n) is 3.17. The predicted molar refractivity (Wildman–Crippen MR) is 157 cm³/mol. The number of aliphatic carboxylic acids is 1. The summed E-state index contributed by atoms with van der Waals surface area (Å²) in [7, 11) is 0. The normalized spacial score (nSPS) is 10.5.